The molecule has 3 N–H and O–H groups in total. The van der Waals surface area contributed by atoms with Gasteiger partial charge in [-0.25, -0.2) is 4.98 Å². The van der Waals surface area contributed by atoms with Gasteiger partial charge in [0, 0.05) is 50.7 Å². The Bertz CT molecular complexity index is 1040. The maximum atomic E-state index is 11.6. The van der Waals surface area contributed by atoms with Crippen molar-refractivity contribution in [2.24, 2.45) is 5.92 Å². The molecule has 30 heavy (non-hydrogen) atoms. The summed E-state index contributed by atoms with van der Waals surface area (Å²) in [5.41, 5.74) is 5.23. The first-order valence-electron chi connectivity index (χ1n) is 10.6. The van der Waals surface area contributed by atoms with Gasteiger partial charge in [0.1, 0.15) is 17.4 Å². The molecule has 2 aliphatic heterocycles. The second-order valence-electron chi connectivity index (χ2n) is 8.15. The van der Waals surface area contributed by atoms with E-state index in [0.29, 0.717) is 13.0 Å². The van der Waals surface area contributed by atoms with Crippen LogP contribution < -0.4 is 20.3 Å². The number of hydrogen-bond acceptors (Lipinski definition) is 5. The molecule has 2 aromatic carbocycles. The number of carbonyl (C=O) groups is 1. The minimum absolute atomic E-state index is 0.0687. The van der Waals surface area contributed by atoms with Crippen molar-refractivity contribution >= 4 is 22.6 Å². The molecule has 0 spiro atoms. The third-order valence-corrected chi connectivity index (χ3v) is 6.16. The van der Waals surface area contributed by atoms with Crippen LogP contribution in [0.4, 0.5) is 5.69 Å². The highest BCUT2D eigenvalue weighted by molar-refractivity contribution is 5.87. The van der Waals surface area contributed by atoms with Crippen LogP contribution in [0, 0.1) is 5.92 Å². The van der Waals surface area contributed by atoms with Gasteiger partial charge in [-0.05, 0) is 42.3 Å². The Hall–Kier alpha value is -3.06. The van der Waals surface area contributed by atoms with Gasteiger partial charge in [0.05, 0.1) is 11.8 Å². The SMILES string of the molecule is C[C@@H](Oc1cc(-c2ccc(N3CCNCC3)cc2)cc2nc[nH]c12)[C@H]1CNC(=O)C1. The van der Waals surface area contributed by atoms with E-state index in [-0.39, 0.29) is 17.9 Å². The predicted molar refractivity (Wildman–Crippen MR) is 118 cm³/mol. The van der Waals surface area contributed by atoms with Crippen molar-refractivity contribution in [3.05, 3.63) is 42.7 Å². The van der Waals surface area contributed by atoms with Crippen LogP contribution in [0.1, 0.15) is 13.3 Å². The molecule has 0 bridgehead atoms. The Kier molecular flexibility index (Phi) is 5.04. The van der Waals surface area contributed by atoms with Crippen molar-refractivity contribution in [2.45, 2.75) is 19.4 Å². The summed E-state index contributed by atoms with van der Waals surface area (Å²) in [6, 6.07) is 12.9. The fourth-order valence-electron chi connectivity index (χ4n) is 4.32. The van der Waals surface area contributed by atoms with Gasteiger partial charge in [-0.3, -0.25) is 4.79 Å². The number of carbonyl (C=O) groups excluding carboxylic acids is 1. The zero-order chi connectivity index (χ0) is 20.5. The molecule has 2 aliphatic rings. The van der Waals surface area contributed by atoms with Crippen LogP contribution in [-0.4, -0.2) is 54.7 Å². The quantitative estimate of drug-likeness (QED) is 0.608. The normalized spacial score (nSPS) is 20.4. The van der Waals surface area contributed by atoms with E-state index in [1.165, 1.54) is 5.69 Å². The minimum Gasteiger partial charge on any atom is -0.488 e. The van der Waals surface area contributed by atoms with Gasteiger partial charge < -0.3 is 25.3 Å². The average Bonchev–Trinajstić information content (AvgIpc) is 3.43. The highest BCUT2D eigenvalue weighted by atomic mass is 16.5. The summed E-state index contributed by atoms with van der Waals surface area (Å²) in [6.07, 6.45) is 2.14. The van der Waals surface area contributed by atoms with E-state index in [0.717, 1.165) is 54.1 Å². The van der Waals surface area contributed by atoms with Crippen LogP contribution in [-0.2, 0) is 4.79 Å². The van der Waals surface area contributed by atoms with Gasteiger partial charge >= 0.3 is 0 Å². The molecule has 2 saturated heterocycles. The summed E-state index contributed by atoms with van der Waals surface area (Å²) in [5, 5.41) is 6.28. The molecule has 1 amide bonds. The first kappa shape index (κ1) is 18.9. The fourth-order valence-corrected chi connectivity index (χ4v) is 4.32. The number of imidazole rings is 1. The van der Waals surface area contributed by atoms with E-state index >= 15 is 0 Å². The number of nitrogens with zero attached hydrogens (tertiary/aromatic N) is 2. The Labute approximate surface area is 175 Å². The largest absolute Gasteiger partial charge is 0.488 e. The first-order valence-corrected chi connectivity index (χ1v) is 10.6. The van der Waals surface area contributed by atoms with Gasteiger partial charge in [-0.2, -0.15) is 0 Å². The van der Waals surface area contributed by atoms with Crippen molar-refractivity contribution in [2.75, 3.05) is 37.6 Å². The van der Waals surface area contributed by atoms with Gasteiger partial charge in [0.15, 0.2) is 0 Å². The number of ether oxygens (including phenoxy) is 1. The number of nitrogens with one attached hydrogen (secondary N) is 3. The molecular weight excluding hydrogens is 378 g/mol. The minimum atomic E-state index is -0.0687. The standard InChI is InChI=1S/C23H27N5O2/c1-15(18-12-22(29)25-13-18)30-21-11-17(10-20-23(21)27-14-26-20)16-2-4-19(5-3-16)28-8-6-24-7-9-28/h2-5,10-11,14-15,18,24H,6-9,12-13H2,1H3,(H,25,29)(H,26,27)/t15-,18-/m1/s1. The lowest BCUT2D eigenvalue weighted by Gasteiger charge is -2.29. The number of fused-ring (bicyclic) bond motifs is 1. The summed E-state index contributed by atoms with van der Waals surface area (Å²) in [4.78, 5) is 21.6. The zero-order valence-electron chi connectivity index (χ0n) is 17.1. The van der Waals surface area contributed by atoms with E-state index in [4.69, 9.17) is 4.74 Å². The molecule has 2 fully saturated rings. The van der Waals surface area contributed by atoms with Crippen molar-refractivity contribution in [3.8, 4) is 16.9 Å². The number of amides is 1. The highest BCUT2D eigenvalue weighted by Gasteiger charge is 2.28. The van der Waals surface area contributed by atoms with Gasteiger partial charge in [-0.1, -0.05) is 12.1 Å². The van der Waals surface area contributed by atoms with Gasteiger partial charge in [0.25, 0.3) is 0 Å². The number of rotatable bonds is 5. The smallest absolute Gasteiger partial charge is 0.220 e. The maximum Gasteiger partial charge on any atom is 0.220 e. The molecule has 1 aromatic heterocycles. The molecule has 5 rings (SSSR count). The molecule has 0 aliphatic carbocycles. The second-order valence-corrected chi connectivity index (χ2v) is 8.15. The predicted octanol–water partition coefficient (Wildman–Crippen LogP) is 2.54. The molecule has 7 nitrogen and oxygen atoms in total. The van der Waals surface area contributed by atoms with Crippen molar-refractivity contribution in [1.82, 2.24) is 20.6 Å². The zero-order valence-corrected chi connectivity index (χ0v) is 17.1. The molecule has 3 aromatic rings. The lowest BCUT2D eigenvalue weighted by atomic mass is 10.0. The monoisotopic (exact) mass is 405 g/mol. The summed E-state index contributed by atoms with van der Waals surface area (Å²) in [6.45, 7) is 6.82. The summed E-state index contributed by atoms with van der Waals surface area (Å²) < 4.78 is 6.32. The molecule has 2 atom stereocenters. The number of anilines is 1. The van der Waals surface area contributed by atoms with E-state index in [1.54, 1.807) is 6.33 Å². The molecule has 7 heteroatoms. The third kappa shape index (κ3) is 3.73. The van der Waals surface area contributed by atoms with Crippen LogP contribution in [0.25, 0.3) is 22.2 Å². The number of aromatic amines is 1. The molecule has 0 unspecified atom stereocenters. The Morgan fingerprint density at radius 2 is 1.93 bits per heavy atom. The summed E-state index contributed by atoms with van der Waals surface area (Å²) >= 11 is 0. The van der Waals surface area contributed by atoms with Crippen molar-refractivity contribution in [1.29, 1.82) is 0 Å². The van der Waals surface area contributed by atoms with Crippen molar-refractivity contribution < 1.29 is 9.53 Å². The van der Waals surface area contributed by atoms with E-state index in [9.17, 15) is 4.79 Å². The molecule has 3 heterocycles. The maximum absolute atomic E-state index is 11.6. The fraction of sp³-hybridized carbons (Fsp3) is 0.391. The Morgan fingerprint density at radius 1 is 1.13 bits per heavy atom. The topological polar surface area (TPSA) is 82.3 Å². The number of piperazine rings is 1. The van der Waals surface area contributed by atoms with Crippen LogP contribution >= 0.6 is 0 Å². The number of H-pyrrole nitrogens is 1. The summed E-state index contributed by atoms with van der Waals surface area (Å²) in [5.74, 6) is 1.05. The van der Waals surface area contributed by atoms with Crippen LogP contribution in [0.5, 0.6) is 5.75 Å². The van der Waals surface area contributed by atoms with E-state index in [2.05, 4.69) is 61.9 Å². The van der Waals surface area contributed by atoms with Crippen molar-refractivity contribution in [3.63, 3.8) is 0 Å². The molecule has 0 saturated carbocycles. The Morgan fingerprint density at radius 3 is 2.67 bits per heavy atom. The average molecular weight is 406 g/mol. The number of aromatic nitrogens is 2. The summed E-state index contributed by atoms with van der Waals surface area (Å²) in [7, 11) is 0. The highest BCUT2D eigenvalue weighted by Crippen LogP contribution is 2.33. The lowest BCUT2D eigenvalue weighted by molar-refractivity contribution is -0.119. The van der Waals surface area contributed by atoms with Crippen LogP contribution in [0.3, 0.4) is 0 Å². The second kappa shape index (κ2) is 7.99. The molecular formula is C23H27N5O2. The molecule has 156 valence electrons. The number of hydrogen-bond donors (Lipinski definition) is 3. The van der Waals surface area contributed by atoms with E-state index in [1.807, 2.05) is 6.92 Å². The van der Waals surface area contributed by atoms with E-state index < -0.39 is 0 Å². The molecule has 0 radical (unpaired) electrons. The third-order valence-electron chi connectivity index (χ3n) is 6.16. The van der Waals surface area contributed by atoms with Crippen LogP contribution in [0.2, 0.25) is 0 Å². The lowest BCUT2D eigenvalue weighted by Crippen LogP contribution is -2.43. The Balaban J connectivity index is 1.41. The first-order chi connectivity index (χ1) is 14.7. The van der Waals surface area contributed by atoms with Gasteiger partial charge in [-0.15, -0.1) is 0 Å². The van der Waals surface area contributed by atoms with Gasteiger partial charge in [0.2, 0.25) is 5.91 Å². The number of benzene rings is 2. The van der Waals surface area contributed by atoms with Crippen LogP contribution in [0.15, 0.2) is 42.7 Å².